The lowest BCUT2D eigenvalue weighted by molar-refractivity contribution is -0.310. The molecule has 0 aliphatic heterocycles. The number of ether oxygens (including phenoxy) is 3. The van der Waals surface area contributed by atoms with Gasteiger partial charge in [-0.15, -0.1) is 0 Å². The topological polar surface area (TPSA) is 54.0 Å². The van der Waals surface area contributed by atoms with Crippen molar-refractivity contribution in [2.24, 2.45) is 0 Å². The van der Waals surface area contributed by atoms with Crippen LogP contribution in [0.2, 0.25) is 6.04 Å². The lowest BCUT2D eigenvalue weighted by Crippen LogP contribution is -2.34. The van der Waals surface area contributed by atoms with Gasteiger partial charge in [0.1, 0.15) is 0 Å². The summed E-state index contributed by atoms with van der Waals surface area (Å²) in [6.45, 7) is 7.14. The summed E-state index contributed by atoms with van der Waals surface area (Å²) in [5, 5.41) is 0. The molecule has 94 valence electrons. The summed E-state index contributed by atoms with van der Waals surface area (Å²) < 4.78 is 20.4. The minimum atomic E-state index is -0.982. The van der Waals surface area contributed by atoms with Gasteiger partial charge in [-0.1, -0.05) is 6.58 Å². The molecule has 0 saturated heterocycles. The van der Waals surface area contributed by atoms with Crippen LogP contribution in [0, 0.1) is 0 Å². The summed E-state index contributed by atoms with van der Waals surface area (Å²) in [6.07, 6.45) is 0. The normalized spacial score (nSPS) is 12.0. The van der Waals surface area contributed by atoms with Crippen LogP contribution in [0.15, 0.2) is 12.2 Å². The predicted molar refractivity (Wildman–Crippen MR) is 62.6 cm³/mol. The molecule has 0 aliphatic rings. The maximum Gasteiger partial charge on any atom is 0.333 e. The number of methoxy groups -OCH3 is 2. The van der Waals surface area contributed by atoms with Crippen molar-refractivity contribution in [3.05, 3.63) is 12.2 Å². The van der Waals surface area contributed by atoms with Crippen LogP contribution >= 0.6 is 0 Å². The smallest absolute Gasteiger partial charge is 0.333 e. The van der Waals surface area contributed by atoms with Gasteiger partial charge in [-0.3, -0.25) is 0 Å². The Morgan fingerprint density at radius 2 is 1.94 bits per heavy atom. The van der Waals surface area contributed by atoms with Crippen LogP contribution in [0.25, 0.3) is 0 Å². The second-order valence-electron chi connectivity index (χ2n) is 3.39. The van der Waals surface area contributed by atoms with Crippen molar-refractivity contribution in [3.63, 3.8) is 0 Å². The molecule has 0 aromatic rings. The van der Waals surface area contributed by atoms with Crippen LogP contribution in [-0.2, 0) is 23.4 Å². The number of carbonyl (C=O) groups is 1. The van der Waals surface area contributed by atoms with Crippen LogP contribution in [-0.4, -0.2) is 42.5 Å². The van der Waals surface area contributed by atoms with Gasteiger partial charge in [0.05, 0.1) is 6.61 Å². The Labute approximate surface area is 98.6 Å². The highest BCUT2D eigenvalue weighted by molar-refractivity contribution is 6.27. The van der Waals surface area contributed by atoms with E-state index in [1.807, 2.05) is 0 Å². The Bertz CT molecular complexity index is 237. The fourth-order valence-electron chi connectivity index (χ4n) is 0.806. The maximum absolute atomic E-state index is 11.0. The van der Waals surface area contributed by atoms with Crippen LogP contribution in [0.4, 0.5) is 0 Å². The molecule has 0 atom stereocenters. The third-order valence-electron chi connectivity index (χ3n) is 1.98. The zero-order chi connectivity index (χ0) is 12.6. The van der Waals surface area contributed by atoms with Crippen molar-refractivity contribution in [2.75, 3.05) is 20.8 Å². The van der Waals surface area contributed by atoms with E-state index in [0.29, 0.717) is 18.2 Å². The van der Waals surface area contributed by atoms with E-state index in [1.165, 1.54) is 14.2 Å². The molecule has 0 radical (unpaired) electrons. The van der Waals surface area contributed by atoms with E-state index >= 15 is 0 Å². The molecule has 0 unspecified atom stereocenters. The van der Waals surface area contributed by atoms with Gasteiger partial charge < -0.3 is 18.6 Å². The Kier molecular flexibility index (Phi) is 7.23. The van der Waals surface area contributed by atoms with Gasteiger partial charge in [0.2, 0.25) is 0 Å². The molecule has 0 fully saturated rings. The average molecular weight is 248 g/mol. The lowest BCUT2D eigenvalue weighted by Gasteiger charge is -2.26. The van der Waals surface area contributed by atoms with E-state index in [2.05, 4.69) is 6.58 Å². The first-order chi connectivity index (χ1) is 7.45. The largest absolute Gasteiger partial charge is 0.463 e. The van der Waals surface area contributed by atoms with Crippen LogP contribution in [0.5, 0.6) is 0 Å². The molecule has 0 heterocycles. The first-order valence-corrected chi connectivity index (χ1v) is 6.60. The first-order valence-electron chi connectivity index (χ1n) is 5.02. The molecule has 16 heavy (non-hydrogen) atoms. The van der Waals surface area contributed by atoms with Gasteiger partial charge in [-0.2, -0.15) is 0 Å². The minimum absolute atomic E-state index is 0.349. The van der Waals surface area contributed by atoms with E-state index < -0.39 is 15.7 Å². The third kappa shape index (κ3) is 6.01. The lowest BCUT2D eigenvalue weighted by atomic mass is 10.4. The van der Waals surface area contributed by atoms with E-state index in [4.69, 9.17) is 18.6 Å². The van der Waals surface area contributed by atoms with Crippen LogP contribution < -0.4 is 0 Å². The molecule has 0 spiro atoms. The molecular formula is C10H20O5Si. The van der Waals surface area contributed by atoms with Crippen LogP contribution in [0.3, 0.4) is 0 Å². The highest BCUT2D eigenvalue weighted by Crippen LogP contribution is 2.10. The summed E-state index contributed by atoms with van der Waals surface area (Å²) in [6, 6.07) is 0.710. The molecule has 0 aromatic carbocycles. The highest BCUT2D eigenvalue weighted by Gasteiger charge is 2.22. The molecule has 5 nitrogen and oxygen atoms in total. The average Bonchev–Trinajstić information content (AvgIpc) is 2.27. The monoisotopic (exact) mass is 248 g/mol. The molecule has 0 N–H and O–H groups in total. The Morgan fingerprint density at radius 3 is 2.38 bits per heavy atom. The van der Waals surface area contributed by atoms with E-state index in [9.17, 15) is 4.79 Å². The molecule has 0 aliphatic carbocycles. The first kappa shape index (κ1) is 15.3. The summed E-state index contributed by atoms with van der Waals surface area (Å²) in [7, 11) is 2.19. The van der Waals surface area contributed by atoms with Crippen molar-refractivity contribution < 1.29 is 23.4 Å². The Morgan fingerprint density at radius 1 is 1.38 bits per heavy atom. The maximum atomic E-state index is 11.0. The van der Waals surface area contributed by atoms with E-state index in [1.54, 1.807) is 13.8 Å². The molecule has 6 heteroatoms. The van der Waals surface area contributed by atoms with Gasteiger partial charge in [-0.05, 0) is 13.0 Å². The summed E-state index contributed by atoms with van der Waals surface area (Å²) in [4.78, 5) is 11.0. The van der Waals surface area contributed by atoms with Crippen molar-refractivity contribution in [2.45, 2.75) is 25.9 Å². The summed E-state index contributed by atoms with van der Waals surface area (Å²) in [5.74, 6) is -1.35. The van der Waals surface area contributed by atoms with Crippen molar-refractivity contribution in [1.29, 1.82) is 0 Å². The second kappa shape index (κ2) is 7.56. The second-order valence-corrected chi connectivity index (χ2v) is 4.79. The fourth-order valence-corrected chi connectivity index (χ4v) is 1.82. The number of esters is 1. The van der Waals surface area contributed by atoms with Crippen molar-refractivity contribution >= 4 is 15.7 Å². The number of carbonyl (C=O) groups excluding carboxylic acids is 1. The predicted octanol–water partition coefficient (Wildman–Crippen LogP) is 0.591. The highest BCUT2D eigenvalue weighted by atomic mass is 28.2. The zero-order valence-electron chi connectivity index (χ0n) is 10.4. The van der Waals surface area contributed by atoms with Gasteiger partial charge in [0.15, 0.2) is 9.76 Å². The zero-order valence-corrected chi connectivity index (χ0v) is 11.8. The SMILES string of the molecule is C=C(C)C(=O)OCC[SiH2]OC(C)(OC)OC. The van der Waals surface area contributed by atoms with Crippen molar-refractivity contribution in [1.82, 2.24) is 0 Å². The van der Waals surface area contributed by atoms with Gasteiger partial charge in [0, 0.05) is 26.7 Å². The summed E-state index contributed by atoms with van der Waals surface area (Å²) in [5.41, 5.74) is 0.404. The molecular weight excluding hydrogens is 228 g/mol. The van der Waals surface area contributed by atoms with Gasteiger partial charge in [-0.25, -0.2) is 4.79 Å². The standard InChI is InChI=1S/C10H20O5Si/c1-8(2)9(11)14-6-7-16-15-10(3,12-4)13-5/h1,6-7,16H2,2-5H3. The molecule has 0 amide bonds. The minimum Gasteiger partial charge on any atom is -0.463 e. The molecule has 0 aromatic heterocycles. The quantitative estimate of drug-likeness (QED) is 0.207. The van der Waals surface area contributed by atoms with Gasteiger partial charge >= 0.3 is 5.97 Å². The number of rotatable bonds is 8. The molecule has 0 saturated carbocycles. The van der Waals surface area contributed by atoms with Crippen LogP contribution in [0.1, 0.15) is 13.8 Å². The molecule has 0 rings (SSSR count). The van der Waals surface area contributed by atoms with Gasteiger partial charge in [0.25, 0.3) is 5.97 Å². The van der Waals surface area contributed by atoms with E-state index in [-0.39, 0.29) is 5.97 Å². The summed E-state index contributed by atoms with van der Waals surface area (Å²) >= 11 is 0. The number of hydrogen-bond acceptors (Lipinski definition) is 5. The Hall–Kier alpha value is -0.693. The number of hydrogen-bond donors (Lipinski definition) is 0. The molecule has 0 bridgehead atoms. The fraction of sp³-hybridized carbons (Fsp3) is 0.700. The van der Waals surface area contributed by atoms with E-state index in [0.717, 1.165) is 0 Å². The third-order valence-corrected chi connectivity index (χ3v) is 3.28. The Balaban J connectivity index is 3.61. The van der Waals surface area contributed by atoms with Crippen molar-refractivity contribution in [3.8, 4) is 0 Å².